The molecule has 1 aromatic heterocycles. The summed E-state index contributed by atoms with van der Waals surface area (Å²) in [5.74, 6) is 0. The van der Waals surface area contributed by atoms with Gasteiger partial charge in [-0.1, -0.05) is 0 Å². The van der Waals surface area contributed by atoms with Crippen molar-refractivity contribution in [3.8, 4) is 11.3 Å². The molecule has 0 amide bonds. The van der Waals surface area contributed by atoms with Crippen LogP contribution in [-0.4, -0.2) is 14.7 Å². The molecule has 6 nitrogen and oxygen atoms in total. The Morgan fingerprint density at radius 3 is 2.50 bits per heavy atom. The molecular formula is C11H9F3N4O2. The number of halogens is 3. The third-order valence-electron chi connectivity index (χ3n) is 2.66. The standard InChI is InChI=1S/C11H9F3N4O2/c1-17-8(5-10(16-17)11(12,13)14)7-3-2-6(15)4-9(7)18(19)20/h2-5H,15H2,1H3. The molecule has 1 heterocycles. The normalized spacial score (nSPS) is 11.6. The van der Waals surface area contributed by atoms with E-state index in [1.54, 1.807) is 0 Å². The van der Waals surface area contributed by atoms with Crippen LogP contribution in [0.25, 0.3) is 11.3 Å². The summed E-state index contributed by atoms with van der Waals surface area (Å²) in [7, 11) is 1.28. The Morgan fingerprint density at radius 2 is 2.00 bits per heavy atom. The van der Waals surface area contributed by atoms with Crippen molar-refractivity contribution in [2.24, 2.45) is 7.05 Å². The van der Waals surface area contributed by atoms with Gasteiger partial charge in [0, 0.05) is 18.8 Å². The van der Waals surface area contributed by atoms with Crippen LogP contribution in [0.3, 0.4) is 0 Å². The van der Waals surface area contributed by atoms with E-state index in [-0.39, 0.29) is 22.6 Å². The second-order valence-corrected chi connectivity index (χ2v) is 4.07. The first-order chi connectivity index (χ1) is 9.20. The van der Waals surface area contributed by atoms with Gasteiger partial charge in [0.2, 0.25) is 0 Å². The first-order valence-electron chi connectivity index (χ1n) is 5.35. The Kier molecular flexibility index (Phi) is 3.12. The van der Waals surface area contributed by atoms with Gasteiger partial charge in [0.05, 0.1) is 16.2 Å². The van der Waals surface area contributed by atoms with Crippen molar-refractivity contribution in [1.29, 1.82) is 0 Å². The zero-order chi connectivity index (χ0) is 15.1. The van der Waals surface area contributed by atoms with Crippen molar-refractivity contribution in [1.82, 2.24) is 9.78 Å². The molecule has 0 unspecified atom stereocenters. The van der Waals surface area contributed by atoms with Crippen molar-refractivity contribution in [3.05, 3.63) is 40.1 Å². The average Bonchev–Trinajstić information content (AvgIpc) is 2.71. The van der Waals surface area contributed by atoms with Gasteiger partial charge in [-0.2, -0.15) is 18.3 Å². The summed E-state index contributed by atoms with van der Waals surface area (Å²) in [5.41, 5.74) is 4.13. The topological polar surface area (TPSA) is 87.0 Å². The smallest absolute Gasteiger partial charge is 0.399 e. The fourth-order valence-electron chi connectivity index (χ4n) is 1.77. The third kappa shape index (κ3) is 2.42. The second kappa shape index (κ2) is 4.51. The molecule has 0 saturated heterocycles. The number of nitrogens with two attached hydrogens (primary N) is 1. The van der Waals surface area contributed by atoms with E-state index in [9.17, 15) is 23.3 Å². The lowest BCUT2D eigenvalue weighted by Gasteiger charge is -2.04. The molecule has 0 radical (unpaired) electrons. The van der Waals surface area contributed by atoms with Crippen molar-refractivity contribution in [3.63, 3.8) is 0 Å². The lowest BCUT2D eigenvalue weighted by molar-refractivity contribution is -0.384. The Balaban J connectivity index is 2.63. The fraction of sp³-hybridized carbons (Fsp3) is 0.182. The average molecular weight is 286 g/mol. The van der Waals surface area contributed by atoms with E-state index >= 15 is 0 Å². The van der Waals surface area contributed by atoms with Gasteiger partial charge in [0.25, 0.3) is 5.69 Å². The van der Waals surface area contributed by atoms with Gasteiger partial charge in [-0.25, -0.2) is 0 Å². The quantitative estimate of drug-likeness (QED) is 0.522. The van der Waals surface area contributed by atoms with Crippen LogP contribution in [0.2, 0.25) is 0 Å². The molecule has 0 spiro atoms. The molecule has 0 aliphatic heterocycles. The van der Waals surface area contributed by atoms with Gasteiger partial charge in [-0.05, 0) is 18.2 Å². The Labute approximate surface area is 110 Å². The number of rotatable bonds is 2. The summed E-state index contributed by atoms with van der Waals surface area (Å²) in [5, 5.41) is 14.3. The van der Waals surface area contributed by atoms with E-state index in [4.69, 9.17) is 5.73 Å². The Morgan fingerprint density at radius 1 is 1.35 bits per heavy atom. The van der Waals surface area contributed by atoms with Crippen LogP contribution in [-0.2, 0) is 13.2 Å². The number of alkyl halides is 3. The number of nitrogens with zero attached hydrogens (tertiary/aromatic N) is 3. The first-order valence-corrected chi connectivity index (χ1v) is 5.35. The number of benzene rings is 1. The number of aryl methyl sites for hydroxylation is 1. The lowest BCUT2D eigenvalue weighted by atomic mass is 10.1. The highest BCUT2D eigenvalue weighted by Gasteiger charge is 2.35. The maximum Gasteiger partial charge on any atom is 0.435 e. The number of hydrogen-bond donors (Lipinski definition) is 1. The van der Waals surface area contributed by atoms with Crippen LogP contribution in [0, 0.1) is 10.1 Å². The first kappa shape index (κ1) is 13.8. The number of hydrogen-bond acceptors (Lipinski definition) is 4. The zero-order valence-electron chi connectivity index (χ0n) is 10.2. The largest absolute Gasteiger partial charge is 0.435 e. The van der Waals surface area contributed by atoms with E-state index in [1.807, 2.05) is 0 Å². The number of anilines is 1. The minimum Gasteiger partial charge on any atom is -0.399 e. The molecule has 0 aliphatic carbocycles. The molecule has 0 atom stereocenters. The van der Waals surface area contributed by atoms with Crippen LogP contribution < -0.4 is 5.73 Å². The molecule has 2 rings (SSSR count). The molecular weight excluding hydrogens is 277 g/mol. The molecule has 0 aliphatic rings. The van der Waals surface area contributed by atoms with Crippen molar-refractivity contribution < 1.29 is 18.1 Å². The van der Waals surface area contributed by atoms with E-state index < -0.39 is 16.8 Å². The van der Waals surface area contributed by atoms with Gasteiger partial charge < -0.3 is 5.73 Å². The third-order valence-corrected chi connectivity index (χ3v) is 2.66. The summed E-state index contributed by atoms with van der Waals surface area (Å²) in [6.07, 6.45) is -4.61. The second-order valence-electron chi connectivity index (χ2n) is 4.07. The monoisotopic (exact) mass is 286 g/mol. The van der Waals surface area contributed by atoms with Gasteiger partial charge in [-0.3, -0.25) is 14.8 Å². The minimum absolute atomic E-state index is 0.0102. The van der Waals surface area contributed by atoms with Crippen molar-refractivity contribution in [2.75, 3.05) is 5.73 Å². The number of nitrogen functional groups attached to an aromatic ring is 1. The number of nitro benzene ring substituents is 1. The van der Waals surface area contributed by atoms with Gasteiger partial charge in [0.1, 0.15) is 0 Å². The highest BCUT2D eigenvalue weighted by Crippen LogP contribution is 2.35. The minimum atomic E-state index is -4.61. The van der Waals surface area contributed by atoms with Crippen LogP contribution >= 0.6 is 0 Å². The summed E-state index contributed by atoms with van der Waals surface area (Å²) in [6.45, 7) is 0. The van der Waals surface area contributed by atoms with E-state index in [0.29, 0.717) is 0 Å². The van der Waals surface area contributed by atoms with Crippen molar-refractivity contribution >= 4 is 11.4 Å². The van der Waals surface area contributed by atoms with E-state index in [0.717, 1.165) is 16.8 Å². The van der Waals surface area contributed by atoms with Gasteiger partial charge in [0.15, 0.2) is 5.69 Å². The summed E-state index contributed by atoms with van der Waals surface area (Å²) < 4.78 is 38.7. The van der Waals surface area contributed by atoms with Crippen LogP contribution in [0.1, 0.15) is 5.69 Å². The van der Waals surface area contributed by atoms with E-state index in [2.05, 4.69) is 5.10 Å². The number of aromatic nitrogens is 2. The molecule has 106 valence electrons. The fourth-order valence-corrected chi connectivity index (χ4v) is 1.77. The summed E-state index contributed by atoms with van der Waals surface area (Å²) in [6, 6.07) is 4.53. The van der Waals surface area contributed by atoms with Crippen molar-refractivity contribution in [2.45, 2.75) is 6.18 Å². The number of nitro groups is 1. The van der Waals surface area contributed by atoms with E-state index in [1.165, 1.54) is 19.2 Å². The Hall–Kier alpha value is -2.58. The lowest BCUT2D eigenvalue weighted by Crippen LogP contribution is -2.06. The molecule has 2 N–H and O–H groups in total. The summed E-state index contributed by atoms with van der Waals surface area (Å²) >= 11 is 0. The van der Waals surface area contributed by atoms with Crippen LogP contribution in [0.5, 0.6) is 0 Å². The van der Waals surface area contributed by atoms with Crippen LogP contribution in [0.15, 0.2) is 24.3 Å². The highest BCUT2D eigenvalue weighted by atomic mass is 19.4. The zero-order valence-corrected chi connectivity index (χ0v) is 10.2. The predicted molar refractivity (Wildman–Crippen MR) is 64.7 cm³/mol. The SMILES string of the molecule is Cn1nc(C(F)(F)F)cc1-c1ccc(N)cc1[N+](=O)[O-]. The maximum absolute atomic E-state index is 12.6. The molecule has 2 aromatic rings. The molecule has 9 heteroatoms. The molecule has 20 heavy (non-hydrogen) atoms. The summed E-state index contributed by atoms with van der Waals surface area (Å²) in [4.78, 5) is 10.3. The van der Waals surface area contributed by atoms with Gasteiger partial charge in [-0.15, -0.1) is 0 Å². The molecule has 0 fully saturated rings. The Bertz CT molecular complexity index is 679. The highest BCUT2D eigenvalue weighted by molar-refractivity contribution is 5.74. The van der Waals surface area contributed by atoms with Crippen LogP contribution in [0.4, 0.5) is 24.5 Å². The maximum atomic E-state index is 12.6. The molecule has 1 aromatic carbocycles. The molecule has 0 bridgehead atoms. The van der Waals surface area contributed by atoms with Gasteiger partial charge >= 0.3 is 6.18 Å². The molecule has 0 saturated carbocycles. The predicted octanol–water partition coefficient (Wildman–Crippen LogP) is 2.60.